The van der Waals surface area contributed by atoms with Crippen molar-refractivity contribution in [3.8, 4) is 11.6 Å². The fourth-order valence-electron chi connectivity index (χ4n) is 4.55. The standard InChI is InChI=1S/C22H22FN5O2/c1-14-5-8-20(24-12-14)30-19-11-15-6-7-18(19)27(13-15)22(29)16-3-2-4-17(23)21(16)28-25-9-10-26-28/h2-5,8-10,12,15,18-19H,6-7,11,13H2,1H3/t15-,18-,19+/m0/s1. The van der Waals surface area contributed by atoms with E-state index in [2.05, 4.69) is 15.2 Å². The molecule has 3 fully saturated rings. The lowest BCUT2D eigenvalue weighted by Crippen LogP contribution is -2.59. The van der Waals surface area contributed by atoms with Gasteiger partial charge in [-0.2, -0.15) is 10.2 Å². The zero-order valence-corrected chi connectivity index (χ0v) is 16.6. The van der Waals surface area contributed by atoms with Crippen molar-refractivity contribution in [2.75, 3.05) is 6.54 Å². The Morgan fingerprint density at radius 2 is 2.00 bits per heavy atom. The third kappa shape index (κ3) is 3.32. The van der Waals surface area contributed by atoms with Crippen molar-refractivity contribution in [3.63, 3.8) is 0 Å². The molecule has 2 aliphatic heterocycles. The maximum atomic E-state index is 14.6. The van der Waals surface area contributed by atoms with E-state index in [-0.39, 0.29) is 29.3 Å². The van der Waals surface area contributed by atoms with E-state index in [1.165, 1.54) is 18.5 Å². The van der Waals surface area contributed by atoms with Crippen molar-refractivity contribution in [2.45, 2.75) is 38.3 Å². The number of benzene rings is 1. The molecule has 3 aliphatic rings. The highest BCUT2D eigenvalue weighted by molar-refractivity contribution is 5.98. The van der Waals surface area contributed by atoms with Crippen LogP contribution >= 0.6 is 0 Å². The van der Waals surface area contributed by atoms with Crippen LogP contribution in [-0.4, -0.2) is 49.5 Å². The van der Waals surface area contributed by atoms with Crippen LogP contribution in [0.2, 0.25) is 0 Å². The molecular formula is C22H22FN5O2. The van der Waals surface area contributed by atoms with Gasteiger partial charge in [0, 0.05) is 18.8 Å². The second-order valence-electron chi connectivity index (χ2n) is 7.99. The minimum Gasteiger partial charge on any atom is -0.472 e. The van der Waals surface area contributed by atoms with Crippen molar-refractivity contribution in [1.29, 1.82) is 0 Å². The van der Waals surface area contributed by atoms with Gasteiger partial charge in [-0.3, -0.25) is 4.79 Å². The molecular weight excluding hydrogens is 385 g/mol. The smallest absolute Gasteiger partial charge is 0.256 e. The molecule has 1 saturated carbocycles. The topological polar surface area (TPSA) is 73.1 Å². The SMILES string of the molecule is Cc1ccc(O[C@@H]2C[C@@H]3CC[C@@H]2N(C(=O)c2cccc(F)c2-n2nccn2)C3)nc1. The molecule has 2 bridgehead atoms. The molecule has 3 atom stereocenters. The number of para-hydroxylation sites is 1. The zero-order chi connectivity index (χ0) is 20.7. The van der Waals surface area contributed by atoms with Crippen molar-refractivity contribution in [3.05, 3.63) is 65.9 Å². The van der Waals surface area contributed by atoms with E-state index in [0.717, 1.165) is 29.6 Å². The summed E-state index contributed by atoms with van der Waals surface area (Å²) in [6.45, 7) is 2.62. The van der Waals surface area contributed by atoms with E-state index in [0.29, 0.717) is 18.3 Å². The number of rotatable bonds is 4. The number of carbonyl (C=O) groups is 1. The number of hydrogen-bond donors (Lipinski definition) is 0. The Labute approximate surface area is 173 Å². The van der Waals surface area contributed by atoms with Crippen LogP contribution in [0.4, 0.5) is 4.39 Å². The van der Waals surface area contributed by atoms with E-state index < -0.39 is 5.82 Å². The van der Waals surface area contributed by atoms with Crippen molar-refractivity contribution in [1.82, 2.24) is 24.9 Å². The number of nitrogens with zero attached hydrogens (tertiary/aromatic N) is 5. The summed E-state index contributed by atoms with van der Waals surface area (Å²) in [6.07, 6.45) is 7.38. The van der Waals surface area contributed by atoms with Crippen LogP contribution in [-0.2, 0) is 0 Å². The van der Waals surface area contributed by atoms with E-state index in [1.807, 2.05) is 24.0 Å². The Kier molecular flexibility index (Phi) is 4.69. The maximum absolute atomic E-state index is 14.6. The van der Waals surface area contributed by atoms with Crippen LogP contribution in [0.3, 0.4) is 0 Å². The summed E-state index contributed by atoms with van der Waals surface area (Å²) in [5, 5.41) is 8.05. The van der Waals surface area contributed by atoms with E-state index in [9.17, 15) is 9.18 Å². The third-order valence-corrected chi connectivity index (χ3v) is 5.97. The molecule has 1 aromatic carbocycles. The Balaban J connectivity index is 1.44. The lowest BCUT2D eigenvalue weighted by Gasteiger charge is -2.49. The Morgan fingerprint density at radius 3 is 2.73 bits per heavy atom. The van der Waals surface area contributed by atoms with Gasteiger partial charge < -0.3 is 9.64 Å². The summed E-state index contributed by atoms with van der Waals surface area (Å²) in [5.74, 6) is 0.171. The lowest BCUT2D eigenvalue weighted by atomic mass is 9.77. The largest absolute Gasteiger partial charge is 0.472 e. The average Bonchev–Trinajstić information content (AvgIpc) is 3.29. The monoisotopic (exact) mass is 407 g/mol. The number of pyridine rings is 1. The van der Waals surface area contributed by atoms with Gasteiger partial charge in [0.2, 0.25) is 5.88 Å². The molecule has 3 aromatic rings. The summed E-state index contributed by atoms with van der Waals surface area (Å²) < 4.78 is 20.8. The minimum absolute atomic E-state index is 0.0756. The van der Waals surface area contributed by atoms with Gasteiger partial charge in [-0.25, -0.2) is 9.37 Å². The van der Waals surface area contributed by atoms with Gasteiger partial charge in [0.25, 0.3) is 5.91 Å². The predicted molar refractivity (Wildman–Crippen MR) is 107 cm³/mol. The number of aromatic nitrogens is 4. The van der Waals surface area contributed by atoms with Gasteiger partial charge in [-0.05, 0) is 49.8 Å². The third-order valence-electron chi connectivity index (χ3n) is 5.97. The number of amides is 1. The van der Waals surface area contributed by atoms with Crippen molar-refractivity contribution < 1.29 is 13.9 Å². The van der Waals surface area contributed by atoms with Gasteiger partial charge in [0.15, 0.2) is 5.82 Å². The van der Waals surface area contributed by atoms with Crippen LogP contribution in [0.15, 0.2) is 48.9 Å². The highest BCUT2D eigenvalue weighted by atomic mass is 19.1. The normalized spacial score (nSPS) is 22.9. The second-order valence-corrected chi connectivity index (χ2v) is 7.99. The molecule has 1 amide bonds. The summed E-state index contributed by atoms with van der Waals surface area (Å²) in [7, 11) is 0. The number of halogens is 1. The first-order valence-electron chi connectivity index (χ1n) is 10.2. The first-order valence-corrected chi connectivity index (χ1v) is 10.2. The highest BCUT2D eigenvalue weighted by Gasteiger charge is 2.45. The first kappa shape index (κ1) is 18.7. The molecule has 154 valence electrons. The fraction of sp³-hybridized carbons (Fsp3) is 0.364. The summed E-state index contributed by atoms with van der Waals surface area (Å²) in [6, 6.07) is 8.23. The van der Waals surface area contributed by atoms with E-state index in [1.54, 1.807) is 18.3 Å². The van der Waals surface area contributed by atoms with Gasteiger partial charge in [-0.1, -0.05) is 12.1 Å². The second kappa shape index (κ2) is 7.51. The molecule has 1 aliphatic carbocycles. The van der Waals surface area contributed by atoms with Gasteiger partial charge >= 0.3 is 0 Å². The highest BCUT2D eigenvalue weighted by Crippen LogP contribution is 2.38. The van der Waals surface area contributed by atoms with Crippen molar-refractivity contribution >= 4 is 5.91 Å². The quantitative estimate of drug-likeness (QED) is 0.664. The fourth-order valence-corrected chi connectivity index (χ4v) is 4.55. The number of carbonyl (C=O) groups excluding carboxylic acids is 1. The molecule has 6 rings (SSSR count). The number of ether oxygens (including phenoxy) is 1. The van der Waals surface area contributed by atoms with Crippen LogP contribution in [0.25, 0.3) is 5.69 Å². The van der Waals surface area contributed by atoms with Crippen LogP contribution in [0, 0.1) is 18.7 Å². The lowest BCUT2D eigenvalue weighted by molar-refractivity contribution is -0.0313. The first-order chi connectivity index (χ1) is 14.6. The zero-order valence-electron chi connectivity index (χ0n) is 16.6. The molecule has 7 nitrogen and oxygen atoms in total. The Hall–Kier alpha value is -3.29. The number of aryl methyl sites for hydroxylation is 1. The predicted octanol–water partition coefficient (Wildman–Crippen LogP) is 3.18. The van der Waals surface area contributed by atoms with Gasteiger partial charge in [-0.15, -0.1) is 4.80 Å². The van der Waals surface area contributed by atoms with E-state index >= 15 is 0 Å². The number of hydrogen-bond acceptors (Lipinski definition) is 5. The molecule has 2 saturated heterocycles. The Morgan fingerprint density at radius 1 is 1.17 bits per heavy atom. The van der Waals surface area contributed by atoms with Crippen LogP contribution in [0.1, 0.15) is 35.2 Å². The molecule has 0 N–H and O–H groups in total. The summed E-state index contributed by atoms with van der Waals surface area (Å²) in [4.78, 5) is 20.9. The van der Waals surface area contributed by atoms with Gasteiger partial charge in [0.05, 0.1) is 24.0 Å². The molecule has 2 aromatic heterocycles. The molecule has 0 radical (unpaired) electrons. The molecule has 4 heterocycles. The van der Waals surface area contributed by atoms with Crippen LogP contribution in [0.5, 0.6) is 5.88 Å². The minimum atomic E-state index is -0.532. The average molecular weight is 407 g/mol. The molecule has 30 heavy (non-hydrogen) atoms. The number of fused-ring (bicyclic) bond motifs is 3. The van der Waals surface area contributed by atoms with Crippen molar-refractivity contribution in [2.24, 2.45) is 5.92 Å². The summed E-state index contributed by atoms with van der Waals surface area (Å²) >= 11 is 0. The molecule has 8 heteroatoms. The Bertz CT molecular complexity index is 1050. The maximum Gasteiger partial charge on any atom is 0.256 e. The molecule has 0 spiro atoms. The molecule has 0 unspecified atom stereocenters. The van der Waals surface area contributed by atoms with Crippen LogP contribution < -0.4 is 4.74 Å². The van der Waals surface area contributed by atoms with E-state index in [4.69, 9.17) is 4.74 Å². The number of piperidine rings is 2. The summed E-state index contributed by atoms with van der Waals surface area (Å²) in [5.41, 5.74) is 1.40. The van der Waals surface area contributed by atoms with Gasteiger partial charge in [0.1, 0.15) is 11.8 Å².